The molecule has 0 N–H and O–H groups in total. The average Bonchev–Trinajstić information content (AvgIpc) is 2.99. The number of aldehydes is 1. The van der Waals surface area contributed by atoms with Crippen LogP contribution in [0, 0.1) is 0 Å². The Morgan fingerprint density at radius 1 is 1.36 bits per heavy atom. The van der Waals surface area contributed by atoms with Crippen molar-refractivity contribution in [3.8, 4) is 5.88 Å². The smallest absolute Gasteiger partial charge is 0.340 e. The van der Waals surface area contributed by atoms with Gasteiger partial charge in [0.25, 0.3) is 0 Å². The third-order valence-corrected chi connectivity index (χ3v) is 4.81. The van der Waals surface area contributed by atoms with Gasteiger partial charge in [-0.2, -0.15) is 8.78 Å². The molecule has 0 saturated carbocycles. The lowest BCUT2D eigenvalue weighted by atomic mass is 10.1. The van der Waals surface area contributed by atoms with Crippen molar-refractivity contribution in [2.24, 2.45) is 0 Å². The summed E-state index contributed by atoms with van der Waals surface area (Å²) in [6, 6.07) is 2.59. The Labute approximate surface area is 167 Å². The zero-order valence-electron chi connectivity index (χ0n) is 14.1. The number of hydrogen-bond donors (Lipinski definition) is 0. The zero-order chi connectivity index (χ0) is 20.5. The highest BCUT2D eigenvalue weighted by Crippen LogP contribution is 2.36. The lowest BCUT2D eigenvalue weighted by Crippen LogP contribution is -2.34. The number of carbonyl (C=O) groups excluding carboxylic acids is 1. The monoisotopic (exact) mass is 437 g/mol. The summed E-state index contributed by atoms with van der Waals surface area (Å²) < 4.78 is 54.9. The first kappa shape index (κ1) is 20.8. The maximum absolute atomic E-state index is 13.0. The first-order chi connectivity index (χ1) is 13.2. The van der Waals surface area contributed by atoms with E-state index in [1.807, 2.05) is 4.90 Å². The molecule has 3 heterocycles. The summed E-state index contributed by atoms with van der Waals surface area (Å²) in [6.07, 6.45) is -0.252. The van der Waals surface area contributed by atoms with Gasteiger partial charge in [0.15, 0.2) is 6.61 Å². The standard InChI is InChI=1S/C17H13Cl2F4N3O2/c18-12-3-9(4-25-15(12)28-8-17(22,23)16(20)21)5-26-6-11-10(13(26)7-27)1-2-24-14(11)19/h1-4,7,13,16H,5-6,8H2. The number of rotatable bonds is 7. The lowest BCUT2D eigenvalue weighted by molar-refractivity contribution is -0.148. The van der Waals surface area contributed by atoms with Crippen molar-refractivity contribution in [3.63, 3.8) is 0 Å². The molecular formula is C17H13Cl2F4N3O2. The fraction of sp³-hybridized carbons (Fsp3) is 0.353. The molecule has 0 fully saturated rings. The molecule has 1 unspecified atom stereocenters. The number of alkyl halides is 4. The fourth-order valence-corrected chi connectivity index (χ4v) is 3.31. The Morgan fingerprint density at radius 3 is 2.75 bits per heavy atom. The van der Waals surface area contributed by atoms with Crippen molar-refractivity contribution < 1.29 is 27.1 Å². The van der Waals surface area contributed by atoms with E-state index in [9.17, 15) is 22.4 Å². The molecule has 150 valence electrons. The SMILES string of the molecule is O=CC1c2ccnc(Cl)c2CN1Cc1cnc(OCC(F)(F)C(F)F)c(Cl)c1. The third-order valence-electron chi connectivity index (χ3n) is 4.21. The van der Waals surface area contributed by atoms with Crippen LogP contribution >= 0.6 is 23.2 Å². The largest absolute Gasteiger partial charge is 0.470 e. The van der Waals surface area contributed by atoms with Gasteiger partial charge in [0.1, 0.15) is 16.5 Å². The maximum Gasteiger partial charge on any atom is 0.340 e. The van der Waals surface area contributed by atoms with E-state index in [2.05, 4.69) is 14.7 Å². The summed E-state index contributed by atoms with van der Waals surface area (Å²) >= 11 is 12.1. The molecule has 0 amide bonds. The van der Waals surface area contributed by atoms with Crippen molar-refractivity contribution in [1.82, 2.24) is 14.9 Å². The Balaban J connectivity index is 1.71. The summed E-state index contributed by atoms with van der Waals surface area (Å²) in [6.45, 7) is -0.909. The molecule has 0 aliphatic carbocycles. The van der Waals surface area contributed by atoms with Crippen LogP contribution in [0.15, 0.2) is 24.5 Å². The van der Waals surface area contributed by atoms with Gasteiger partial charge in [-0.05, 0) is 23.3 Å². The number of hydrogen-bond acceptors (Lipinski definition) is 5. The second-order valence-corrected chi connectivity index (χ2v) is 6.90. The Bertz CT molecular complexity index is 885. The van der Waals surface area contributed by atoms with Crippen LogP contribution in [0.25, 0.3) is 0 Å². The molecule has 5 nitrogen and oxygen atoms in total. The van der Waals surface area contributed by atoms with Gasteiger partial charge in [0.05, 0.1) is 6.04 Å². The number of aromatic nitrogens is 2. The first-order valence-corrected chi connectivity index (χ1v) is 8.74. The van der Waals surface area contributed by atoms with E-state index < -0.39 is 25.0 Å². The molecule has 1 atom stereocenters. The molecule has 11 heteroatoms. The Kier molecular flexibility index (Phi) is 6.07. The van der Waals surface area contributed by atoms with Crippen molar-refractivity contribution in [3.05, 3.63) is 51.4 Å². The van der Waals surface area contributed by atoms with Gasteiger partial charge < -0.3 is 9.53 Å². The summed E-state index contributed by atoms with van der Waals surface area (Å²) in [5.41, 5.74) is 2.07. The summed E-state index contributed by atoms with van der Waals surface area (Å²) in [5.74, 6) is -4.69. The molecule has 0 aromatic carbocycles. The number of ether oxygens (including phenoxy) is 1. The molecule has 0 spiro atoms. The van der Waals surface area contributed by atoms with E-state index in [0.29, 0.717) is 17.3 Å². The Hall–Kier alpha value is -1.97. The van der Waals surface area contributed by atoms with E-state index in [1.165, 1.54) is 18.5 Å². The molecule has 28 heavy (non-hydrogen) atoms. The fourth-order valence-electron chi connectivity index (χ4n) is 2.85. The molecule has 1 aliphatic rings. The summed E-state index contributed by atoms with van der Waals surface area (Å²) in [5, 5.41) is 0.202. The van der Waals surface area contributed by atoms with Gasteiger partial charge in [0, 0.05) is 31.0 Å². The van der Waals surface area contributed by atoms with Gasteiger partial charge in [-0.1, -0.05) is 23.2 Å². The molecular weight excluding hydrogens is 425 g/mol. The number of carbonyl (C=O) groups is 1. The molecule has 0 saturated heterocycles. The molecule has 0 radical (unpaired) electrons. The predicted molar refractivity (Wildman–Crippen MR) is 93.0 cm³/mol. The lowest BCUT2D eigenvalue weighted by Gasteiger charge is -2.21. The van der Waals surface area contributed by atoms with Crippen molar-refractivity contribution in [1.29, 1.82) is 0 Å². The minimum Gasteiger partial charge on any atom is -0.470 e. The average molecular weight is 438 g/mol. The Morgan fingerprint density at radius 2 is 2.11 bits per heavy atom. The highest BCUT2D eigenvalue weighted by molar-refractivity contribution is 6.31. The summed E-state index contributed by atoms with van der Waals surface area (Å²) in [4.78, 5) is 21.2. The molecule has 3 rings (SSSR count). The van der Waals surface area contributed by atoms with Gasteiger partial charge in [-0.15, -0.1) is 0 Å². The minimum absolute atomic E-state index is 0.110. The number of fused-ring (bicyclic) bond motifs is 1. The quantitative estimate of drug-likeness (QED) is 0.366. The van der Waals surface area contributed by atoms with Crippen LogP contribution in [-0.2, 0) is 17.9 Å². The van der Waals surface area contributed by atoms with Crippen LogP contribution in [0.2, 0.25) is 10.2 Å². The molecule has 2 aromatic heterocycles. The van der Waals surface area contributed by atoms with E-state index in [-0.39, 0.29) is 17.4 Å². The van der Waals surface area contributed by atoms with Gasteiger partial charge in [-0.3, -0.25) is 4.90 Å². The van der Waals surface area contributed by atoms with E-state index >= 15 is 0 Å². The second kappa shape index (κ2) is 8.18. The minimum atomic E-state index is -4.31. The van der Waals surface area contributed by atoms with E-state index in [0.717, 1.165) is 17.4 Å². The normalized spacial score (nSPS) is 17.0. The first-order valence-electron chi connectivity index (χ1n) is 7.98. The highest BCUT2D eigenvalue weighted by atomic mass is 35.5. The van der Waals surface area contributed by atoms with Crippen molar-refractivity contribution in [2.45, 2.75) is 31.5 Å². The predicted octanol–water partition coefficient (Wildman–Crippen LogP) is 4.32. The van der Waals surface area contributed by atoms with Crippen LogP contribution < -0.4 is 4.74 Å². The van der Waals surface area contributed by atoms with Crippen molar-refractivity contribution >= 4 is 29.5 Å². The van der Waals surface area contributed by atoms with Crippen LogP contribution in [-0.4, -0.2) is 40.1 Å². The van der Waals surface area contributed by atoms with Gasteiger partial charge in [-0.25, -0.2) is 18.7 Å². The topological polar surface area (TPSA) is 55.3 Å². The van der Waals surface area contributed by atoms with Gasteiger partial charge >= 0.3 is 12.3 Å². The van der Waals surface area contributed by atoms with Crippen LogP contribution in [0.3, 0.4) is 0 Å². The van der Waals surface area contributed by atoms with Crippen LogP contribution in [0.4, 0.5) is 17.6 Å². The molecule has 0 bridgehead atoms. The number of pyridine rings is 2. The highest BCUT2D eigenvalue weighted by Gasteiger charge is 2.42. The maximum atomic E-state index is 13.0. The molecule has 2 aromatic rings. The van der Waals surface area contributed by atoms with Crippen LogP contribution in [0.5, 0.6) is 5.88 Å². The number of halogens is 6. The van der Waals surface area contributed by atoms with Crippen molar-refractivity contribution in [2.75, 3.05) is 6.61 Å². The summed E-state index contributed by atoms with van der Waals surface area (Å²) in [7, 11) is 0. The van der Waals surface area contributed by atoms with Gasteiger partial charge in [0.2, 0.25) is 5.88 Å². The van der Waals surface area contributed by atoms with E-state index in [1.54, 1.807) is 6.07 Å². The number of nitrogens with zero attached hydrogens (tertiary/aromatic N) is 3. The van der Waals surface area contributed by atoms with Crippen LogP contribution in [0.1, 0.15) is 22.7 Å². The second-order valence-electron chi connectivity index (χ2n) is 6.14. The zero-order valence-corrected chi connectivity index (χ0v) is 15.6. The third kappa shape index (κ3) is 4.21. The van der Waals surface area contributed by atoms with E-state index in [4.69, 9.17) is 23.2 Å². The molecule has 1 aliphatic heterocycles.